The van der Waals surface area contributed by atoms with Gasteiger partial charge in [-0.1, -0.05) is 12.1 Å². The molecule has 4 rings (SSSR count). The molecule has 152 valence electrons. The summed E-state index contributed by atoms with van der Waals surface area (Å²) in [4.78, 5) is 18.6. The molecular formula is C20H20FN3O4S. The number of aromatic nitrogens is 1. The number of benzene rings is 2. The van der Waals surface area contributed by atoms with Gasteiger partial charge in [-0.25, -0.2) is 17.8 Å². The molecule has 0 spiro atoms. The number of halogens is 1. The normalized spacial score (nSPS) is 15.7. The van der Waals surface area contributed by atoms with Crippen molar-refractivity contribution in [1.82, 2.24) is 14.2 Å². The van der Waals surface area contributed by atoms with E-state index >= 15 is 0 Å². The van der Waals surface area contributed by atoms with Crippen molar-refractivity contribution in [2.45, 2.75) is 17.7 Å². The van der Waals surface area contributed by atoms with Gasteiger partial charge < -0.3 is 9.32 Å². The summed E-state index contributed by atoms with van der Waals surface area (Å²) in [6, 6.07) is 12.2. The van der Waals surface area contributed by atoms with Crippen LogP contribution in [0.2, 0.25) is 0 Å². The largest absolute Gasteiger partial charge is 0.441 e. The van der Waals surface area contributed by atoms with E-state index in [4.69, 9.17) is 4.42 Å². The average molecular weight is 417 g/mol. The number of carbonyl (C=O) groups is 1. The van der Waals surface area contributed by atoms with Crippen molar-refractivity contribution in [3.05, 3.63) is 60.2 Å². The van der Waals surface area contributed by atoms with Crippen LogP contribution in [0.5, 0.6) is 0 Å². The Morgan fingerprint density at radius 3 is 2.41 bits per heavy atom. The van der Waals surface area contributed by atoms with Crippen molar-refractivity contribution in [1.29, 1.82) is 0 Å². The lowest BCUT2D eigenvalue weighted by atomic mass is 10.2. The van der Waals surface area contributed by atoms with Crippen LogP contribution in [0.4, 0.5) is 4.39 Å². The Kier molecular flexibility index (Phi) is 5.33. The van der Waals surface area contributed by atoms with Gasteiger partial charge >= 0.3 is 0 Å². The van der Waals surface area contributed by atoms with E-state index in [1.165, 1.54) is 16.4 Å². The minimum atomic E-state index is -3.69. The Bertz CT molecular complexity index is 1090. The zero-order valence-electron chi connectivity index (χ0n) is 15.6. The van der Waals surface area contributed by atoms with E-state index < -0.39 is 15.8 Å². The maximum atomic E-state index is 13.0. The van der Waals surface area contributed by atoms with Gasteiger partial charge in [-0.2, -0.15) is 4.31 Å². The van der Waals surface area contributed by atoms with E-state index in [0.717, 1.165) is 17.6 Å². The number of amides is 1. The molecule has 2 heterocycles. The minimum absolute atomic E-state index is 0.0506. The molecule has 9 heteroatoms. The predicted octanol–water partition coefficient (Wildman–Crippen LogP) is 2.43. The summed E-state index contributed by atoms with van der Waals surface area (Å²) in [5, 5.41) is 0. The highest BCUT2D eigenvalue weighted by atomic mass is 32.2. The predicted molar refractivity (Wildman–Crippen MR) is 104 cm³/mol. The van der Waals surface area contributed by atoms with Crippen LogP contribution in [-0.4, -0.2) is 54.7 Å². The Hall–Kier alpha value is -2.78. The van der Waals surface area contributed by atoms with Crippen molar-refractivity contribution in [2.75, 3.05) is 26.2 Å². The molecule has 0 bridgehead atoms. The number of para-hydroxylation sites is 2. The van der Waals surface area contributed by atoms with E-state index in [9.17, 15) is 17.6 Å². The zero-order valence-corrected chi connectivity index (χ0v) is 16.4. The number of carbonyl (C=O) groups excluding carboxylic acids is 1. The van der Waals surface area contributed by atoms with Gasteiger partial charge in [-0.3, -0.25) is 4.79 Å². The van der Waals surface area contributed by atoms with Crippen molar-refractivity contribution >= 4 is 27.0 Å². The summed E-state index contributed by atoms with van der Waals surface area (Å²) >= 11 is 0. The standard InChI is InChI=1S/C20H20FN3O4S/c21-15-5-7-16(8-6-15)29(26,27)24-13-11-23(12-14-24)20(25)10-9-19-22-17-3-1-2-4-18(17)28-19/h1-8H,9-14H2. The van der Waals surface area contributed by atoms with E-state index in [0.29, 0.717) is 31.0 Å². The van der Waals surface area contributed by atoms with Gasteiger partial charge in [0.1, 0.15) is 11.3 Å². The fourth-order valence-corrected chi connectivity index (χ4v) is 4.75. The molecule has 29 heavy (non-hydrogen) atoms. The first-order chi connectivity index (χ1) is 13.9. The summed E-state index contributed by atoms with van der Waals surface area (Å²) in [7, 11) is -3.69. The molecule has 1 aliphatic heterocycles. The van der Waals surface area contributed by atoms with E-state index in [-0.39, 0.29) is 30.3 Å². The number of nitrogens with zero attached hydrogens (tertiary/aromatic N) is 3. The second kappa shape index (κ2) is 7.92. The Morgan fingerprint density at radius 2 is 1.72 bits per heavy atom. The molecule has 1 saturated heterocycles. The van der Waals surface area contributed by atoms with Crippen LogP contribution < -0.4 is 0 Å². The highest BCUT2D eigenvalue weighted by Crippen LogP contribution is 2.19. The van der Waals surface area contributed by atoms with E-state index in [1.807, 2.05) is 24.3 Å². The third-order valence-corrected chi connectivity index (χ3v) is 6.85. The van der Waals surface area contributed by atoms with Gasteiger partial charge in [0.25, 0.3) is 0 Å². The molecule has 1 amide bonds. The van der Waals surface area contributed by atoms with Crippen molar-refractivity contribution in [3.8, 4) is 0 Å². The van der Waals surface area contributed by atoms with Crippen molar-refractivity contribution in [3.63, 3.8) is 0 Å². The molecule has 0 radical (unpaired) electrons. The third kappa shape index (κ3) is 4.15. The summed E-state index contributed by atoms with van der Waals surface area (Å²) in [5.41, 5.74) is 1.45. The number of piperazine rings is 1. The average Bonchev–Trinajstić information content (AvgIpc) is 3.15. The molecular weight excluding hydrogens is 397 g/mol. The summed E-state index contributed by atoms with van der Waals surface area (Å²) < 4.78 is 45.3. The van der Waals surface area contributed by atoms with Crippen LogP contribution in [0, 0.1) is 5.82 Å². The van der Waals surface area contributed by atoms with Gasteiger partial charge in [0.2, 0.25) is 15.9 Å². The molecule has 0 atom stereocenters. The number of hydrogen-bond donors (Lipinski definition) is 0. The molecule has 0 aliphatic carbocycles. The maximum Gasteiger partial charge on any atom is 0.243 e. The maximum absolute atomic E-state index is 13.0. The van der Waals surface area contributed by atoms with Crippen LogP contribution in [0.3, 0.4) is 0 Å². The third-order valence-electron chi connectivity index (χ3n) is 4.93. The van der Waals surface area contributed by atoms with Gasteiger partial charge in [0.05, 0.1) is 4.90 Å². The minimum Gasteiger partial charge on any atom is -0.441 e. The van der Waals surface area contributed by atoms with Gasteiger partial charge in [-0.15, -0.1) is 0 Å². The Morgan fingerprint density at radius 1 is 1.03 bits per heavy atom. The molecule has 1 aliphatic rings. The number of hydrogen-bond acceptors (Lipinski definition) is 5. The molecule has 0 saturated carbocycles. The molecule has 0 unspecified atom stereocenters. The SMILES string of the molecule is O=C(CCc1nc2ccccc2o1)N1CCN(S(=O)(=O)c2ccc(F)cc2)CC1. The number of fused-ring (bicyclic) bond motifs is 1. The smallest absolute Gasteiger partial charge is 0.243 e. The summed E-state index contributed by atoms with van der Waals surface area (Å²) in [6.07, 6.45) is 0.638. The molecule has 1 aromatic heterocycles. The first kappa shape index (κ1) is 19.5. The summed E-state index contributed by atoms with van der Waals surface area (Å²) in [6.45, 7) is 1.03. The second-order valence-corrected chi connectivity index (χ2v) is 8.75. The molecule has 2 aromatic carbocycles. The van der Waals surface area contributed by atoms with Crippen molar-refractivity contribution in [2.24, 2.45) is 0 Å². The lowest BCUT2D eigenvalue weighted by molar-refractivity contribution is -0.132. The highest BCUT2D eigenvalue weighted by molar-refractivity contribution is 7.89. The molecule has 0 N–H and O–H groups in total. The van der Waals surface area contributed by atoms with Crippen molar-refractivity contribution < 1.29 is 22.0 Å². The van der Waals surface area contributed by atoms with E-state index in [1.54, 1.807) is 4.90 Å². The fraction of sp³-hybridized carbons (Fsp3) is 0.300. The zero-order chi connectivity index (χ0) is 20.4. The van der Waals surface area contributed by atoms with Crippen LogP contribution >= 0.6 is 0 Å². The first-order valence-electron chi connectivity index (χ1n) is 9.31. The monoisotopic (exact) mass is 417 g/mol. The number of aryl methyl sites for hydroxylation is 1. The van der Waals surface area contributed by atoms with Crippen LogP contribution in [-0.2, 0) is 21.2 Å². The number of rotatable bonds is 5. The Labute approximate surface area is 167 Å². The fourth-order valence-electron chi connectivity index (χ4n) is 3.33. The highest BCUT2D eigenvalue weighted by Gasteiger charge is 2.30. The second-order valence-electron chi connectivity index (χ2n) is 6.81. The van der Waals surface area contributed by atoms with Crippen LogP contribution in [0.25, 0.3) is 11.1 Å². The van der Waals surface area contributed by atoms with Crippen LogP contribution in [0.15, 0.2) is 57.8 Å². The topological polar surface area (TPSA) is 83.7 Å². The van der Waals surface area contributed by atoms with E-state index in [2.05, 4.69) is 4.98 Å². The quantitative estimate of drug-likeness (QED) is 0.637. The van der Waals surface area contributed by atoms with Gasteiger partial charge in [0, 0.05) is 39.0 Å². The van der Waals surface area contributed by atoms with Gasteiger partial charge in [0.15, 0.2) is 11.5 Å². The number of sulfonamides is 1. The summed E-state index contributed by atoms with van der Waals surface area (Å²) in [5.74, 6) is -0.0403. The first-order valence-corrected chi connectivity index (χ1v) is 10.8. The Balaban J connectivity index is 1.32. The molecule has 1 fully saturated rings. The molecule has 7 nitrogen and oxygen atoms in total. The lowest BCUT2D eigenvalue weighted by Gasteiger charge is -2.34. The molecule has 3 aromatic rings. The van der Waals surface area contributed by atoms with Crippen LogP contribution in [0.1, 0.15) is 12.3 Å². The lowest BCUT2D eigenvalue weighted by Crippen LogP contribution is -2.50. The van der Waals surface area contributed by atoms with Gasteiger partial charge in [-0.05, 0) is 36.4 Å². The number of oxazole rings is 1.